The minimum atomic E-state index is -1.05. The van der Waals surface area contributed by atoms with Crippen molar-refractivity contribution in [2.75, 3.05) is 5.32 Å². The summed E-state index contributed by atoms with van der Waals surface area (Å²) in [5.41, 5.74) is 1.80. The molecule has 0 aliphatic carbocycles. The standard InChI is InChI=1S/C16H13N3O2/c1-10-6-12(9-17-8-10)18-15-13-5-3-2-4-11(13)7-14(19-15)16(20)21/h2-9H,1H3,(H,18,19)(H,20,21). The van der Waals surface area contributed by atoms with E-state index < -0.39 is 5.97 Å². The molecule has 0 amide bonds. The number of pyridine rings is 2. The Labute approximate surface area is 121 Å². The Morgan fingerprint density at radius 1 is 1.19 bits per heavy atom. The highest BCUT2D eigenvalue weighted by molar-refractivity contribution is 5.98. The summed E-state index contributed by atoms with van der Waals surface area (Å²) in [4.78, 5) is 19.5. The number of fused-ring (bicyclic) bond motifs is 1. The molecular formula is C16H13N3O2. The highest BCUT2D eigenvalue weighted by Crippen LogP contribution is 2.25. The van der Waals surface area contributed by atoms with E-state index in [1.54, 1.807) is 18.5 Å². The van der Waals surface area contributed by atoms with Crippen molar-refractivity contribution in [2.24, 2.45) is 0 Å². The zero-order valence-corrected chi connectivity index (χ0v) is 11.4. The van der Waals surface area contributed by atoms with Gasteiger partial charge < -0.3 is 10.4 Å². The minimum Gasteiger partial charge on any atom is -0.477 e. The Kier molecular flexibility index (Phi) is 3.23. The molecule has 0 unspecified atom stereocenters. The molecule has 5 heteroatoms. The number of nitrogens with zero attached hydrogens (tertiary/aromatic N) is 2. The average Bonchev–Trinajstić information content (AvgIpc) is 2.47. The molecule has 0 aliphatic rings. The van der Waals surface area contributed by atoms with Crippen molar-refractivity contribution in [3.8, 4) is 0 Å². The van der Waals surface area contributed by atoms with Gasteiger partial charge in [-0.15, -0.1) is 0 Å². The molecular weight excluding hydrogens is 266 g/mol. The van der Waals surface area contributed by atoms with E-state index in [2.05, 4.69) is 15.3 Å². The lowest BCUT2D eigenvalue weighted by atomic mass is 10.1. The highest BCUT2D eigenvalue weighted by Gasteiger charge is 2.11. The van der Waals surface area contributed by atoms with Gasteiger partial charge in [0.1, 0.15) is 5.82 Å². The Morgan fingerprint density at radius 3 is 2.76 bits per heavy atom. The number of carbonyl (C=O) groups is 1. The predicted octanol–water partition coefficient (Wildman–Crippen LogP) is 3.38. The van der Waals surface area contributed by atoms with E-state index >= 15 is 0 Å². The van der Waals surface area contributed by atoms with Gasteiger partial charge in [0.25, 0.3) is 0 Å². The molecule has 0 saturated carbocycles. The van der Waals surface area contributed by atoms with Crippen molar-refractivity contribution in [2.45, 2.75) is 6.92 Å². The van der Waals surface area contributed by atoms with Crippen LogP contribution in [0.4, 0.5) is 11.5 Å². The van der Waals surface area contributed by atoms with Gasteiger partial charge in [-0.25, -0.2) is 9.78 Å². The van der Waals surface area contributed by atoms with Gasteiger partial charge in [-0.05, 0) is 30.0 Å². The minimum absolute atomic E-state index is 0.0109. The third kappa shape index (κ3) is 2.67. The van der Waals surface area contributed by atoms with Crippen LogP contribution in [0.25, 0.3) is 10.8 Å². The molecule has 0 atom stereocenters. The van der Waals surface area contributed by atoms with E-state index in [4.69, 9.17) is 0 Å². The number of anilines is 2. The Morgan fingerprint density at radius 2 is 2.00 bits per heavy atom. The van der Waals surface area contributed by atoms with Crippen LogP contribution in [-0.2, 0) is 0 Å². The molecule has 0 fully saturated rings. The fourth-order valence-electron chi connectivity index (χ4n) is 2.16. The lowest BCUT2D eigenvalue weighted by Gasteiger charge is -2.10. The molecule has 3 rings (SSSR count). The van der Waals surface area contributed by atoms with Crippen molar-refractivity contribution in [3.63, 3.8) is 0 Å². The molecule has 21 heavy (non-hydrogen) atoms. The first-order valence-electron chi connectivity index (χ1n) is 6.45. The van der Waals surface area contributed by atoms with Gasteiger partial charge in [0.05, 0.1) is 11.9 Å². The van der Waals surface area contributed by atoms with Crippen LogP contribution < -0.4 is 5.32 Å². The molecule has 0 spiro atoms. The summed E-state index contributed by atoms with van der Waals surface area (Å²) in [6, 6.07) is 11.0. The molecule has 2 aromatic heterocycles. The van der Waals surface area contributed by atoms with Crippen LogP contribution in [0.15, 0.2) is 48.8 Å². The van der Waals surface area contributed by atoms with E-state index in [0.29, 0.717) is 5.82 Å². The lowest BCUT2D eigenvalue weighted by molar-refractivity contribution is 0.0691. The molecule has 5 nitrogen and oxygen atoms in total. The Balaban J connectivity index is 2.13. The summed E-state index contributed by atoms with van der Waals surface area (Å²) in [6.45, 7) is 1.94. The predicted molar refractivity (Wildman–Crippen MR) is 81.0 cm³/mol. The van der Waals surface area contributed by atoms with Crippen molar-refractivity contribution < 1.29 is 9.90 Å². The van der Waals surface area contributed by atoms with Crippen molar-refractivity contribution in [3.05, 3.63) is 60.0 Å². The van der Waals surface area contributed by atoms with Gasteiger partial charge in [-0.2, -0.15) is 0 Å². The zero-order chi connectivity index (χ0) is 14.8. The van der Waals surface area contributed by atoms with Crippen LogP contribution in [-0.4, -0.2) is 21.0 Å². The molecule has 1 aromatic carbocycles. The third-order valence-electron chi connectivity index (χ3n) is 3.10. The van der Waals surface area contributed by atoms with Gasteiger partial charge in [0.15, 0.2) is 5.69 Å². The molecule has 0 bridgehead atoms. The zero-order valence-electron chi connectivity index (χ0n) is 11.4. The summed E-state index contributed by atoms with van der Waals surface area (Å²) in [6.07, 6.45) is 3.43. The van der Waals surface area contributed by atoms with Crippen LogP contribution in [0.1, 0.15) is 16.1 Å². The summed E-state index contributed by atoms with van der Waals surface area (Å²) in [5.74, 6) is -0.538. The molecule has 2 N–H and O–H groups in total. The SMILES string of the molecule is Cc1cncc(Nc2nc(C(=O)O)cc3ccccc23)c1. The van der Waals surface area contributed by atoms with Gasteiger partial charge >= 0.3 is 5.97 Å². The summed E-state index contributed by atoms with van der Waals surface area (Å²) in [7, 11) is 0. The largest absolute Gasteiger partial charge is 0.477 e. The number of benzene rings is 1. The van der Waals surface area contributed by atoms with Gasteiger partial charge in [-0.3, -0.25) is 4.98 Å². The van der Waals surface area contributed by atoms with E-state index in [1.165, 1.54) is 0 Å². The number of carboxylic acid groups (broad SMARTS) is 1. The van der Waals surface area contributed by atoms with Crippen LogP contribution in [0.5, 0.6) is 0 Å². The number of hydrogen-bond acceptors (Lipinski definition) is 4. The number of nitrogens with one attached hydrogen (secondary N) is 1. The van der Waals surface area contributed by atoms with Gasteiger partial charge in [0.2, 0.25) is 0 Å². The fourth-order valence-corrected chi connectivity index (χ4v) is 2.16. The number of aryl methyl sites for hydroxylation is 1. The maximum atomic E-state index is 11.2. The Hall–Kier alpha value is -2.95. The van der Waals surface area contributed by atoms with E-state index in [9.17, 15) is 9.90 Å². The van der Waals surface area contributed by atoms with Gasteiger partial charge in [-0.1, -0.05) is 24.3 Å². The number of rotatable bonds is 3. The summed E-state index contributed by atoms with van der Waals surface area (Å²) in [5, 5.41) is 14.0. The molecule has 0 aliphatic heterocycles. The summed E-state index contributed by atoms with van der Waals surface area (Å²) < 4.78 is 0. The first kappa shape index (κ1) is 13.1. The molecule has 3 aromatic rings. The molecule has 2 heterocycles. The second kappa shape index (κ2) is 5.20. The molecule has 104 valence electrons. The van der Waals surface area contributed by atoms with Crippen LogP contribution in [0, 0.1) is 6.92 Å². The average molecular weight is 279 g/mol. The first-order valence-corrected chi connectivity index (χ1v) is 6.45. The van der Waals surface area contributed by atoms with E-state index in [1.807, 2.05) is 37.3 Å². The van der Waals surface area contributed by atoms with Crippen LogP contribution in [0.3, 0.4) is 0 Å². The highest BCUT2D eigenvalue weighted by atomic mass is 16.4. The lowest BCUT2D eigenvalue weighted by Crippen LogP contribution is -2.04. The number of hydrogen-bond donors (Lipinski definition) is 2. The number of carboxylic acids is 1. The van der Waals surface area contributed by atoms with Crippen molar-refractivity contribution in [1.29, 1.82) is 0 Å². The van der Waals surface area contributed by atoms with E-state index in [0.717, 1.165) is 22.0 Å². The first-order chi connectivity index (χ1) is 10.1. The fraction of sp³-hybridized carbons (Fsp3) is 0.0625. The topological polar surface area (TPSA) is 75.1 Å². The molecule has 0 radical (unpaired) electrons. The normalized spacial score (nSPS) is 10.5. The second-order valence-corrected chi connectivity index (χ2v) is 4.76. The summed E-state index contributed by atoms with van der Waals surface area (Å²) >= 11 is 0. The monoisotopic (exact) mass is 279 g/mol. The Bertz CT molecular complexity index is 831. The maximum absolute atomic E-state index is 11.2. The van der Waals surface area contributed by atoms with Crippen LogP contribution >= 0.6 is 0 Å². The van der Waals surface area contributed by atoms with E-state index in [-0.39, 0.29) is 5.69 Å². The number of aromatic nitrogens is 2. The van der Waals surface area contributed by atoms with Crippen molar-refractivity contribution >= 4 is 28.2 Å². The maximum Gasteiger partial charge on any atom is 0.354 e. The van der Waals surface area contributed by atoms with Crippen molar-refractivity contribution in [1.82, 2.24) is 9.97 Å². The quantitative estimate of drug-likeness (QED) is 0.768. The molecule has 0 saturated heterocycles. The van der Waals surface area contributed by atoms with Crippen LogP contribution in [0.2, 0.25) is 0 Å². The second-order valence-electron chi connectivity index (χ2n) is 4.76. The third-order valence-corrected chi connectivity index (χ3v) is 3.10. The smallest absolute Gasteiger partial charge is 0.354 e. The van der Waals surface area contributed by atoms with Gasteiger partial charge in [0, 0.05) is 11.6 Å². The number of aromatic carboxylic acids is 1.